The molecule has 20 rings (SSSR count). The maximum atomic E-state index is 11.9. The summed E-state index contributed by atoms with van der Waals surface area (Å²) in [5.74, 6) is 1.24. The molecular formula is C101H62N8. The van der Waals surface area contributed by atoms with Crippen molar-refractivity contribution in [1.82, 2.24) is 28.7 Å². The lowest BCUT2D eigenvalue weighted by Gasteiger charge is -2.21. The zero-order valence-electron chi connectivity index (χ0n) is 58.9. The Morgan fingerprint density at radius 3 is 0.853 bits per heavy atom. The Balaban J connectivity index is 0.860. The number of aromatic nitrogens is 6. The molecule has 0 fully saturated rings. The summed E-state index contributed by atoms with van der Waals surface area (Å²) in [6, 6.07) is 137. The summed E-state index contributed by atoms with van der Waals surface area (Å²) in [6.45, 7) is 0. The summed E-state index contributed by atoms with van der Waals surface area (Å²) in [5.41, 5.74) is 26.2. The number of rotatable bonds is 13. The molecule has 8 heteroatoms. The van der Waals surface area contributed by atoms with Gasteiger partial charge in [-0.25, -0.2) is 15.0 Å². The topological polar surface area (TPSA) is 101 Å². The molecule has 0 radical (unpaired) electrons. The van der Waals surface area contributed by atoms with Crippen LogP contribution < -0.4 is 0 Å². The fraction of sp³-hybridized carbons (Fsp3) is 0. The van der Waals surface area contributed by atoms with E-state index in [0.717, 1.165) is 166 Å². The molecule has 506 valence electrons. The SMILES string of the molecule is N#Cc1ccc(-n2c3ccc(-c4ccccc4)cc3c3cc(-c4ccccc4)ccc32)c(-c2nc(-c3ccccc3)nc(-c3ccc(-n4c5ccc(-c6ccccc6)cc5c5cc(-c6ccccc6)ccc54)c(-c4cccc(C#N)c4-n4c5ccc(-c6ccccc6)cc5c5cc(-c6ccccc6)ccc54)c3)n2)c1. The third-order valence-electron chi connectivity index (χ3n) is 21.4. The molecule has 20 aromatic rings. The lowest BCUT2D eigenvalue weighted by Crippen LogP contribution is -2.06. The van der Waals surface area contributed by atoms with Gasteiger partial charge in [0.2, 0.25) is 0 Å². The zero-order chi connectivity index (χ0) is 72.5. The normalized spacial score (nSPS) is 11.5. The summed E-state index contributed by atoms with van der Waals surface area (Å²) in [4.78, 5) is 16.6. The highest BCUT2D eigenvalue weighted by atomic mass is 15.1. The molecule has 0 aliphatic carbocycles. The van der Waals surface area contributed by atoms with Crippen molar-refractivity contribution in [3.8, 4) is 141 Å². The van der Waals surface area contributed by atoms with E-state index in [2.05, 4.69) is 329 Å². The van der Waals surface area contributed by atoms with Crippen molar-refractivity contribution in [2.45, 2.75) is 0 Å². The average molecular weight is 1390 g/mol. The number of benzene rings is 16. The third kappa shape index (κ3) is 11.1. The van der Waals surface area contributed by atoms with Crippen LogP contribution in [0.3, 0.4) is 0 Å². The minimum absolute atomic E-state index is 0.381. The second-order valence-electron chi connectivity index (χ2n) is 27.7. The van der Waals surface area contributed by atoms with E-state index in [1.54, 1.807) is 0 Å². The van der Waals surface area contributed by atoms with Crippen molar-refractivity contribution in [3.63, 3.8) is 0 Å². The van der Waals surface area contributed by atoms with Crippen molar-refractivity contribution in [2.24, 2.45) is 0 Å². The molecule has 0 saturated heterocycles. The molecule has 4 heterocycles. The number of hydrogen-bond acceptors (Lipinski definition) is 5. The molecule has 16 aromatic carbocycles. The van der Waals surface area contributed by atoms with E-state index in [-0.39, 0.29) is 0 Å². The Bertz CT molecular complexity index is 6780. The van der Waals surface area contributed by atoms with Crippen molar-refractivity contribution < 1.29 is 0 Å². The quantitative estimate of drug-likeness (QED) is 0.114. The van der Waals surface area contributed by atoms with Gasteiger partial charge in [0.15, 0.2) is 17.5 Å². The standard InChI is InChI=1S/C101H62N8/c102-63-65-39-47-97(108-93-50-42-75(68-27-12-3-13-28-68)58-85(93)86-59-76(43-51-94(86)108)69-29-14-4-15-30-69)89(55-65)101-105-99(72-35-20-7-21-36-72)104-100(106-101)79-46-54-90(107-91-48-40-73(66-23-8-1-9-24-66)56-83(91)84-57-74(41-49-92(84)107)67-25-10-2-11-26-67)82(62-79)81-38-22-37-80(64-103)98(81)109-95-52-44-77(70-31-16-5-17-32-70)60-87(95)88-61-78(45-53-96(88)109)71-33-18-6-19-34-71/h1-62H. The van der Waals surface area contributed by atoms with E-state index in [9.17, 15) is 10.5 Å². The van der Waals surface area contributed by atoms with Gasteiger partial charge in [0.1, 0.15) is 6.07 Å². The van der Waals surface area contributed by atoms with Crippen LogP contribution in [0.5, 0.6) is 0 Å². The molecule has 0 aliphatic rings. The molecule has 0 unspecified atom stereocenters. The maximum absolute atomic E-state index is 11.9. The predicted molar refractivity (Wildman–Crippen MR) is 447 cm³/mol. The van der Waals surface area contributed by atoms with Crippen molar-refractivity contribution in [1.29, 1.82) is 10.5 Å². The maximum Gasteiger partial charge on any atom is 0.166 e. The van der Waals surface area contributed by atoms with E-state index in [0.29, 0.717) is 39.7 Å². The fourth-order valence-electron chi connectivity index (χ4n) is 16.2. The van der Waals surface area contributed by atoms with Gasteiger partial charge >= 0.3 is 0 Å². The minimum atomic E-state index is 0.381. The van der Waals surface area contributed by atoms with Gasteiger partial charge in [-0.1, -0.05) is 261 Å². The monoisotopic (exact) mass is 1390 g/mol. The van der Waals surface area contributed by atoms with Gasteiger partial charge in [-0.2, -0.15) is 10.5 Å². The van der Waals surface area contributed by atoms with Crippen LogP contribution in [-0.2, 0) is 0 Å². The first-order valence-corrected chi connectivity index (χ1v) is 36.6. The first-order chi connectivity index (χ1) is 53.9. The van der Waals surface area contributed by atoms with Crippen LogP contribution in [0.2, 0.25) is 0 Å². The van der Waals surface area contributed by atoms with Gasteiger partial charge < -0.3 is 13.7 Å². The summed E-state index contributed by atoms with van der Waals surface area (Å²) >= 11 is 0. The highest BCUT2D eigenvalue weighted by Gasteiger charge is 2.27. The first-order valence-electron chi connectivity index (χ1n) is 36.6. The van der Waals surface area contributed by atoms with Crippen LogP contribution in [0.4, 0.5) is 0 Å². The molecule has 0 amide bonds. The molecule has 0 atom stereocenters. The number of nitrogens with zero attached hydrogens (tertiary/aromatic N) is 8. The lowest BCUT2D eigenvalue weighted by atomic mass is 9.95. The molecule has 0 saturated carbocycles. The van der Waals surface area contributed by atoms with Crippen LogP contribution >= 0.6 is 0 Å². The molecule has 0 spiro atoms. The van der Waals surface area contributed by atoms with E-state index < -0.39 is 0 Å². The largest absolute Gasteiger partial charge is 0.309 e. The second kappa shape index (κ2) is 26.6. The van der Waals surface area contributed by atoms with E-state index in [4.69, 9.17) is 15.0 Å². The Labute approximate surface area is 629 Å². The van der Waals surface area contributed by atoms with Crippen molar-refractivity contribution >= 4 is 65.4 Å². The van der Waals surface area contributed by atoms with Crippen LogP contribution in [-0.4, -0.2) is 28.7 Å². The number of para-hydroxylation sites is 1. The molecular weight excluding hydrogens is 1330 g/mol. The van der Waals surface area contributed by atoms with Gasteiger partial charge in [0.05, 0.1) is 67.4 Å². The molecule has 0 bridgehead atoms. The molecule has 0 aliphatic heterocycles. The van der Waals surface area contributed by atoms with E-state index >= 15 is 0 Å². The Morgan fingerprint density at radius 2 is 0.505 bits per heavy atom. The summed E-state index contributed by atoms with van der Waals surface area (Å²) < 4.78 is 7.00. The first kappa shape index (κ1) is 63.6. The number of fused-ring (bicyclic) bond motifs is 9. The van der Waals surface area contributed by atoms with Crippen molar-refractivity contribution in [3.05, 3.63) is 387 Å². The molecule has 4 aromatic heterocycles. The smallest absolute Gasteiger partial charge is 0.166 e. The Hall–Kier alpha value is -15.1. The molecule has 109 heavy (non-hydrogen) atoms. The average Bonchev–Trinajstić information content (AvgIpc) is 1.62. The van der Waals surface area contributed by atoms with Gasteiger partial charge in [-0.05, 0) is 182 Å². The second-order valence-corrected chi connectivity index (χ2v) is 27.7. The number of nitriles is 2. The van der Waals surface area contributed by atoms with Gasteiger partial charge in [-0.15, -0.1) is 0 Å². The summed E-state index contributed by atoms with van der Waals surface area (Å²) in [5, 5.41) is 29.2. The summed E-state index contributed by atoms with van der Waals surface area (Å²) in [6.07, 6.45) is 0. The molecule has 0 N–H and O–H groups in total. The van der Waals surface area contributed by atoms with Crippen LogP contribution in [0.1, 0.15) is 11.1 Å². The fourth-order valence-corrected chi connectivity index (χ4v) is 16.2. The summed E-state index contributed by atoms with van der Waals surface area (Å²) in [7, 11) is 0. The lowest BCUT2D eigenvalue weighted by molar-refractivity contribution is 1.06. The van der Waals surface area contributed by atoms with Gasteiger partial charge in [-0.3, -0.25) is 0 Å². The predicted octanol–water partition coefficient (Wildman–Crippen LogP) is 25.6. The zero-order valence-corrected chi connectivity index (χ0v) is 58.9. The third-order valence-corrected chi connectivity index (χ3v) is 21.4. The van der Waals surface area contributed by atoms with Crippen LogP contribution in [0, 0.1) is 22.7 Å². The van der Waals surface area contributed by atoms with Crippen LogP contribution in [0.25, 0.3) is 195 Å². The van der Waals surface area contributed by atoms with Crippen molar-refractivity contribution in [2.75, 3.05) is 0 Å². The highest BCUT2D eigenvalue weighted by molar-refractivity contribution is 6.15. The molecule has 8 nitrogen and oxygen atoms in total. The minimum Gasteiger partial charge on any atom is -0.309 e. The van der Waals surface area contributed by atoms with Gasteiger partial charge in [0.25, 0.3) is 0 Å². The Morgan fingerprint density at radius 1 is 0.202 bits per heavy atom. The van der Waals surface area contributed by atoms with Crippen LogP contribution in [0.15, 0.2) is 376 Å². The number of hydrogen-bond donors (Lipinski definition) is 0. The van der Waals surface area contributed by atoms with E-state index in [1.807, 2.05) is 72.8 Å². The van der Waals surface area contributed by atoms with Gasteiger partial charge in [0, 0.05) is 60.1 Å². The van der Waals surface area contributed by atoms with E-state index in [1.165, 1.54) is 0 Å². The Kier molecular flexibility index (Phi) is 15.5. The highest BCUT2D eigenvalue weighted by Crippen LogP contribution is 2.47.